The summed E-state index contributed by atoms with van der Waals surface area (Å²) in [5, 5.41) is 7.32. The van der Waals surface area contributed by atoms with Gasteiger partial charge in [0.05, 0.1) is 6.61 Å². The summed E-state index contributed by atoms with van der Waals surface area (Å²) in [4.78, 5) is 14.8. The molecule has 6 nitrogen and oxygen atoms in total. The lowest BCUT2D eigenvalue weighted by molar-refractivity contribution is 0.0898. The Morgan fingerprint density at radius 3 is 3.15 bits per heavy atom. The standard InChI is InChI=1S/C20H26N4O2/c1-23-10-7-18(22-23)20(25)21-17-3-2-9-24(14-17)11-6-15-4-5-19-16(13-15)8-12-26-19/h4-5,7,10,13,17H,2-3,6,8-9,11-12,14H2,1H3,(H,21,25). The van der Waals surface area contributed by atoms with Crippen molar-refractivity contribution in [3.8, 4) is 5.75 Å². The van der Waals surface area contributed by atoms with Crippen molar-refractivity contribution in [1.29, 1.82) is 0 Å². The van der Waals surface area contributed by atoms with Gasteiger partial charge in [0.25, 0.3) is 5.91 Å². The molecule has 1 saturated heterocycles. The van der Waals surface area contributed by atoms with Gasteiger partial charge < -0.3 is 15.0 Å². The number of likely N-dealkylation sites (tertiary alicyclic amines) is 1. The molecule has 0 radical (unpaired) electrons. The van der Waals surface area contributed by atoms with Gasteiger partial charge in [-0.3, -0.25) is 9.48 Å². The molecule has 1 atom stereocenters. The highest BCUT2D eigenvalue weighted by Gasteiger charge is 2.22. The van der Waals surface area contributed by atoms with Crippen LogP contribution in [0.2, 0.25) is 0 Å². The Kier molecular flexibility index (Phi) is 4.93. The SMILES string of the molecule is Cn1ccc(C(=O)NC2CCCN(CCc3ccc4c(c3)CCO4)C2)n1. The van der Waals surface area contributed by atoms with Crippen LogP contribution in [0.4, 0.5) is 0 Å². The molecule has 3 heterocycles. The van der Waals surface area contributed by atoms with Crippen molar-refractivity contribution in [3.63, 3.8) is 0 Å². The number of fused-ring (bicyclic) bond motifs is 1. The molecule has 1 aromatic heterocycles. The fourth-order valence-electron chi connectivity index (χ4n) is 3.85. The average Bonchev–Trinajstić information content (AvgIpc) is 3.28. The smallest absolute Gasteiger partial charge is 0.272 e. The summed E-state index contributed by atoms with van der Waals surface area (Å²) < 4.78 is 7.24. The summed E-state index contributed by atoms with van der Waals surface area (Å²) in [6.07, 6.45) is 6.00. The molecule has 0 spiro atoms. The zero-order valence-electron chi connectivity index (χ0n) is 15.3. The van der Waals surface area contributed by atoms with E-state index in [1.807, 2.05) is 7.05 Å². The Balaban J connectivity index is 1.29. The van der Waals surface area contributed by atoms with Crippen molar-refractivity contribution in [2.75, 3.05) is 26.2 Å². The third-order valence-electron chi connectivity index (χ3n) is 5.26. The van der Waals surface area contributed by atoms with Crippen LogP contribution in [0.15, 0.2) is 30.5 Å². The van der Waals surface area contributed by atoms with Crippen LogP contribution in [-0.4, -0.2) is 52.9 Å². The van der Waals surface area contributed by atoms with E-state index >= 15 is 0 Å². The van der Waals surface area contributed by atoms with Gasteiger partial charge in [-0.1, -0.05) is 12.1 Å². The van der Waals surface area contributed by atoms with E-state index in [2.05, 4.69) is 33.5 Å². The van der Waals surface area contributed by atoms with Gasteiger partial charge in [0.1, 0.15) is 11.4 Å². The number of ether oxygens (including phenoxy) is 1. The highest BCUT2D eigenvalue weighted by atomic mass is 16.5. The monoisotopic (exact) mass is 354 g/mol. The zero-order chi connectivity index (χ0) is 17.9. The van der Waals surface area contributed by atoms with Gasteiger partial charge in [-0.25, -0.2) is 0 Å². The molecular weight excluding hydrogens is 328 g/mol. The second-order valence-electron chi connectivity index (χ2n) is 7.28. The molecule has 1 fully saturated rings. The number of hydrogen-bond donors (Lipinski definition) is 1. The quantitative estimate of drug-likeness (QED) is 0.889. The number of aryl methyl sites for hydroxylation is 1. The fourth-order valence-corrected chi connectivity index (χ4v) is 3.85. The van der Waals surface area contributed by atoms with Gasteiger partial charge in [-0.2, -0.15) is 5.10 Å². The zero-order valence-corrected chi connectivity index (χ0v) is 15.3. The summed E-state index contributed by atoms with van der Waals surface area (Å²) in [6.45, 7) is 3.84. The van der Waals surface area contributed by atoms with Crippen molar-refractivity contribution < 1.29 is 9.53 Å². The maximum absolute atomic E-state index is 12.3. The van der Waals surface area contributed by atoms with Gasteiger partial charge in [0.15, 0.2) is 0 Å². The lowest BCUT2D eigenvalue weighted by Crippen LogP contribution is -2.48. The van der Waals surface area contributed by atoms with Gasteiger partial charge >= 0.3 is 0 Å². The van der Waals surface area contributed by atoms with Crippen molar-refractivity contribution in [2.24, 2.45) is 7.05 Å². The van der Waals surface area contributed by atoms with E-state index in [1.165, 1.54) is 11.1 Å². The van der Waals surface area contributed by atoms with Crippen LogP contribution in [0, 0.1) is 0 Å². The Hall–Kier alpha value is -2.34. The molecular formula is C20H26N4O2. The van der Waals surface area contributed by atoms with Crippen LogP contribution < -0.4 is 10.1 Å². The van der Waals surface area contributed by atoms with Crippen LogP contribution in [0.5, 0.6) is 5.75 Å². The van der Waals surface area contributed by atoms with Crippen molar-refractivity contribution >= 4 is 5.91 Å². The number of amides is 1. The molecule has 2 aromatic rings. The summed E-state index contributed by atoms with van der Waals surface area (Å²) in [6, 6.07) is 8.52. The predicted molar refractivity (Wildman–Crippen MR) is 99.5 cm³/mol. The van der Waals surface area contributed by atoms with E-state index in [4.69, 9.17) is 4.74 Å². The first-order chi connectivity index (χ1) is 12.7. The second-order valence-corrected chi connectivity index (χ2v) is 7.28. The maximum Gasteiger partial charge on any atom is 0.272 e. The number of carbonyl (C=O) groups excluding carboxylic acids is 1. The molecule has 0 aliphatic carbocycles. The van der Waals surface area contributed by atoms with Crippen molar-refractivity contribution in [2.45, 2.75) is 31.7 Å². The Morgan fingerprint density at radius 2 is 2.31 bits per heavy atom. The average molecular weight is 354 g/mol. The molecule has 2 aliphatic rings. The van der Waals surface area contributed by atoms with Gasteiger partial charge in [-0.05, 0) is 49.1 Å². The third-order valence-corrected chi connectivity index (χ3v) is 5.26. The minimum Gasteiger partial charge on any atom is -0.493 e. The number of nitrogens with one attached hydrogen (secondary N) is 1. The lowest BCUT2D eigenvalue weighted by atomic mass is 10.0. The molecule has 1 aromatic carbocycles. The molecule has 2 aliphatic heterocycles. The highest BCUT2D eigenvalue weighted by molar-refractivity contribution is 5.92. The number of piperidine rings is 1. The van der Waals surface area contributed by atoms with E-state index < -0.39 is 0 Å². The van der Waals surface area contributed by atoms with E-state index in [-0.39, 0.29) is 11.9 Å². The minimum atomic E-state index is -0.0731. The normalized spacial score (nSPS) is 19.8. The molecule has 1 unspecified atom stereocenters. The van der Waals surface area contributed by atoms with E-state index in [0.29, 0.717) is 5.69 Å². The summed E-state index contributed by atoms with van der Waals surface area (Å²) in [5.41, 5.74) is 3.19. The van der Waals surface area contributed by atoms with E-state index in [1.54, 1.807) is 16.9 Å². The minimum absolute atomic E-state index is 0.0731. The van der Waals surface area contributed by atoms with E-state index in [0.717, 1.165) is 57.7 Å². The first-order valence-corrected chi connectivity index (χ1v) is 9.45. The molecule has 4 rings (SSSR count). The lowest BCUT2D eigenvalue weighted by Gasteiger charge is -2.33. The number of carbonyl (C=O) groups is 1. The summed E-state index contributed by atoms with van der Waals surface area (Å²) >= 11 is 0. The fraction of sp³-hybridized carbons (Fsp3) is 0.500. The first-order valence-electron chi connectivity index (χ1n) is 9.45. The largest absolute Gasteiger partial charge is 0.493 e. The molecule has 0 saturated carbocycles. The van der Waals surface area contributed by atoms with Crippen LogP contribution in [0.25, 0.3) is 0 Å². The topological polar surface area (TPSA) is 59.4 Å². The van der Waals surface area contributed by atoms with Gasteiger partial charge in [-0.15, -0.1) is 0 Å². The molecule has 6 heteroatoms. The van der Waals surface area contributed by atoms with E-state index in [9.17, 15) is 4.79 Å². The van der Waals surface area contributed by atoms with Gasteiger partial charge in [0.2, 0.25) is 0 Å². The predicted octanol–water partition coefficient (Wildman–Crippen LogP) is 1.79. The molecule has 1 N–H and O–H groups in total. The first kappa shape index (κ1) is 17.1. The number of hydrogen-bond acceptors (Lipinski definition) is 4. The summed E-state index contributed by atoms with van der Waals surface area (Å²) in [7, 11) is 1.82. The van der Waals surface area contributed by atoms with Gasteiger partial charge in [0, 0.05) is 38.8 Å². The number of rotatable bonds is 5. The molecule has 26 heavy (non-hydrogen) atoms. The Morgan fingerprint density at radius 1 is 1.38 bits per heavy atom. The van der Waals surface area contributed by atoms with Crippen LogP contribution in [-0.2, 0) is 19.9 Å². The Labute approximate surface area is 154 Å². The Bertz CT molecular complexity index is 786. The number of aromatic nitrogens is 2. The number of nitrogens with zero attached hydrogens (tertiary/aromatic N) is 3. The molecule has 1 amide bonds. The second kappa shape index (κ2) is 7.50. The molecule has 0 bridgehead atoms. The third kappa shape index (κ3) is 3.90. The number of benzene rings is 1. The highest BCUT2D eigenvalue weighted by Crippen LogP contribution is 2.26. The van der Waals surface area contributed by atoms with Crippen molar-refractivity contribution in [1.82, 2.24) is 20.0 Å². The molecule has 138 valence electrons. The van der Waals surface area contributed by atoms with Crippen LogP contribution >= 0.6 is 0 Å². The van der Waals surface area contributed by atoms with Crippen molar-refractivity contribution in [3.05, 3.63) is 47.3 Å². The summed E-state index contributed by atoms with van der Waals surface area (Å²) in [5.74, 6) is 0.972. The van der Waals surface area contributed by atoms with Crippen LogP contribution in [0.1, 0.15) is 34.5 Å². The van der Waals surface area contributed by atoms with Crippen LogP contribution in [0.3, 0.4) is 0 Å². The maximum atomic E-state index is 12.3.